The summed E-state index contributed by atoms with van der Waals surface area (Å²) in [5, 5.41) is 1.03. The monoisotopic (exact) mass is 245 g/mol. The van der Waals surface area contributed by atoms with E-state index in [0.717, 1.165) is 22.0 Å². The molecule has 0 N–H and O–H groups in total. The van der Waals surface area contributed by atoms with Crippen LogP contribution in [0, 0.1) is 6.92 Å². The van der Waals surface area contributed by atoms with Crippen LogP contribution in [-0.2, 0) is 0 Å². The van der Waals surface area contributed by atoms with Gasteiger partial charge >= 0.3 is 0 Å². The van der Waals surface area contributed by atoms with Crippen molar-refractivity contribution < 1.29 is 4.79 Å². The highest BCUT2D eigenvalue weighted by molar-refractivity contribution is 6.58. The molecule has 1 heterocycles. The first-order valence-electron chi connectivity index (χ1n) is 6.14. The van der Waals surface area contributed by atoms with Crippen LogP contribution in [0.15, 0.2) is 54.7 Å². The average molecular weight is 245 g/mol. The normalized spacial score (nSPS) is 10.8. The number of fused-ring (bicyclic) bond motifs is 1. The van der Waals surface area contributed by atoms with E-state index in [1.807, 2.05) is 18.2 Å². The van der Waals surface area contributed by atoms with E-state index in [4.69, 9.17) is 7.85 Å². The highest BCUT2D eigenvalue weighted by Gasteiger charge is 2.08. The first kappa shape index (κ1) is 11.8. The zero-order valence-corrected chi connectivity index (χ0v) is 10.6. The predicted octanol–water partition coefficient (Wildman–Crippen LogP) is 3.75. The second-order valence-electron chi connectivity index (χ2n) is 4.63. The van der Waals surface area contributed by atoms with Gasteiger partial charge in [-0.25, -0.2) is 0 Å². The number of nitrogens with zero attached hydrogens (tertiary/aromatic N) is 1. The van der Waals surface area contributed by atoms with Gasteiger partial charge in [0.1, 0.15) is 0 Å². The molecule has 3 heteroatoms. The Morgan fingerprint density at radius 2 is 1.79 bits per heavy atom. The van der Waals surface area contributed by atoms with Gasteiger partial charge in [-0.2, -0.15) is 0 Å². The first-order chi connectivity index (χ1) is 9.16. The molecular weight excluding hydrogens is 233 g/mol. The van der Waals surface area contributed by atoms with E-state index >= 15 is 0 Å². The summed E-state index contributed by atoms with van der Waals surface area (Å²) >= 11 is 0. The van der Waals surface area contributed by atoms with Crippen molar-refractivity contribution in [3.8, 4) is 11.1 Å². The molecular formula is C16H12BNO. The maximum absolute atomic E-state index is 11.4. The predicted molar refractivity (Wildman–Crippen MR) is 78.7 cm³/mol. The number of aryl methyl sites for hydroxylation is 1. The van der Waals surface area contributed by atoms with Crippen LogP contribution >= 0.6 is 0 Å². The molecule has 0 saturated carbocycles. The Balaban J connectivity index is 2.25. The Kier molecular flexibility index (Phi) is 2.75. The lowest BCUT2D eigenvalue weighted by Crippen LogP contribution is -2.06. The summed E-state index contributed by atoms with van der Waals surface area (Å²) in [5.41, 5.74) is 4.31. The van der Waals surface area contributed by atoms with Crippen LogP contribution in [0.5, 0.6) is 0 Å². The molecule has 3 rings (SSSR count). The fourth-order valence-electron chi connectivity index (χ4n) is 2.34. The maximum atomic E-state index is 11.4. The van der Waals surface area contributed by atoms with Crippen LogP contribution in [0.4, 0.5) is 4.79 Å². The number of hydrogen-bond acceptors (Lipinski definition) is 1. The molecule has 90 valence electrons. The fraction of sp³-hybridized carbons (Fsp3) is 0.0625. The largest absolute Gasteiger partial charge is 0.297 e. The Hall–Kier alpha value is -2.29. The highest BCUT2D eigenvalue weighted by atomic mass is 16.1. The minimum absolute atomic E-state index is 0.462. The van der Waals surface area contributed by atoms with E-state index in [9.17, 15) is 4.79 Å². The van der Waals surface area contributed by atoms with E-state index in [0.29, 0.717) is 0 Å². The summed E-state index contributed by atoms with van der Waals surface area (Å²) in [6.45, 7) is 2.06. The summed E-state index contributed by atoms with van der Waals surface area (Å²) < 4.78 is 1.47. The van der Waals surface area contributed by atoms with Crippen molar-refractivity contribution in [1.29, 1.82) is 0 Å². The third-order valence-electron chi connectivity index (χ3n) is 3.33. The number of hydrogen-bond donors (Lipinski definition) is 0. The molecule has 0 fully saturated rings. The molecule has 19 heavy (non-hydrogen) atoms. The Morgan fingerprint density at radius 3 is 2.47 bits per heavy atom. The van der Waals surface area contributed by atoms with E-state index in [2.05, 4.69) is 37.3 Å². The number of aromatic nitrogens is 1. The molecule has 0 amide bonds. The Labute approximate surface area is 113 Å². The van der Waals surface area contributed by atoms with Crippen molar-refractivity contribution in [1.82, 2.24) is 4.57 Å². The molecule has 0 aliphatic carbocycles. The van der Waals surface area contributed by atoms with Gasteiger partial charge in [0.2, 0.25) is 7.85 Å². The van der Waals surface area contributed by atoms with Gasteiger partial charge in [-0.05, 0) is 30.2 Å². The minimum atomic E-state index is -0.462. The van der Waals surface area contributed by atoms with Gasteiger partial charge in [-0.15, -0.1) is 0 Å². The van der Waals surface area contributed by atoms with Crippen molar-refractivity contribution in [3.05, 3.63) is 60.3 Å². The second-order valence-corrected chi connectivity index (χ2v) is 4.63. The SMILES string of the molecule is [B]C(=O)n1ccc2c(-c3ccc(C)cc3)cccc21. The number of carbonyl (C=O) groups excluding carboxylic acids is 1. The molecule has 3 aromatic rings. The van der Waals surface area contributed by atoms with Crippen molar-refractivity contribution in [2.75, 3.05) is 0 Å². The first-order valence-corrected chi connectivity index (χ1v) is 6.14. The zero-order valence-electron chi connectivity index (χ0n) is 10.6. The lowest BCUT2D eigenvalue weighted by molar-refractivity contribution is 0.261. The lowest BCUT2D eigenvalue weighted by atomic mass is 10.0. The Bertz CT molecular complexity index is 756. The van der Waals surface area contributed by atoms with Crippen LogP contribution in [0.2, 0.25) is 0 Å². The van der Waals surface area contributed by atoms with Gasteiger partial charge in [0.25, 0.3) is 0 Å². The van der Waals surface area contributed by atoms with E-state index in [-0.39, 0.29) is 0 Å². The van der Waals surface area contributed by atoms with Crippen molar-refractivity contribution in [3.63, 3.8) is 0 Å². The van der Waals surface area contributed by atoms with Crippen LogP contribution < -0.4 is 0 Å². The fourth-order valence-corrected chi connectivity index (χ4v) is 2.34. The molecule has 1 aromatic heterocycles. The molecule has 0 spiro atoms. The van der Waals surface area contributed by atoms with Gasteiger partial charge < -0.3 is 0 Å². The van der Waals surface area contributed by atoms with Crippen molar-refractivity contribution in [2.24, 2.45) is 0 Å². The summed E-state index contributed by atoms with van der Waals surface area (Å²) in [6, 6.07) is 16.2. The molecule has 0 aliphatic heterocycles. The van der Waals surface area contributed by atoms with Crippen molar-refractivity contribution >= 4 is 24.6 Å². The zero-order chi connectivity index (χ0) is 13.4. The van der Waals surface area contributed by atoms with Gasteiger partial charge in [-0.3, -0.25) is 9.36 Å². The molecule has 0 saturated heterocycles. The van der Waals surface area contributed by atoms with Gasteiger partial charge in [0.15, 0.2) is 5.81 Å². The van der Waals surface area contributed by atoms with Crippen molar-refractivity contribution in [2.45, 2.75) is 6.92 Å². The van der Waals surface area contributed by atoms with Crippen LogP contribution in [0.3, 0.4) is 0 Å². The molecule has 2 radical (unpaired) electrons. The smallest absolute Gasteiger partial charge is 0.201 e. The molecule has 2 aromatic carbocycles. The number of carbonyl (C=O) groups is 1. The summed E-state index contributed by atoms with van der Waals surface area (Å²) in [5.74, 6) is -0.462. The van der Waals surface area contributed by atoms with Gasteiger partial charge in [0, 0.05) is 11.6 Å². The number of rotatable bonds is 1. The van der Waals surface area contributed by atoms with E-state index in [1.54, 1.807) is 6.20 Å². The molecule has 0 bridgehead atoms. The topological polar surface area (TPSA) is 22.0 Å². The highest BCUT2D eigenvalue weighted by Crippen LogP contribution is 2.29. The third kappa shape index (κ3) is 1.97. The van der Waals surface area contributed by atoms with Crippen LogP contribution in [-0.4, -0.2) is 18.2 Å². The maximum Gasteiger partial charge on any atom is 0.201 e. The quantitative estimate of drug-likeness (QED) is 0.598. The third-order valence-corrected chi connectivity index (χ3v) is 3.33. The van der Waals surface area contributed by atoms with Crippen LogP contribution in [0.25, 0.3) is 22.0 Å². The average Bonchev–Trinajstić information content (AvgIpc) is 2.83. The molecule has 0 aliphatic rings. The Morgan fingerprint density at radius 1 is 1.05 bits per heavy atom. The van der Waals surface area contributed by atoms with E-state index < -0.39 is 5.81 Å². The van der Waals surface area contributed by atoms with Crippen LogP contribution in [0.1, 0.15) is 5.56 Å². The van der Waals surface area contributed by atoms with Gasteiger partial charge in [-0.1, -0.05) is 42.0 Å². The molecule has 2 nitrogen and oxygen atoms in total. The minimum Gasteiger partial charge on any atom is -0.297 e. The standard InChI is InChI=1S/C16H12BNO/c1-11-5-7-12(8-6-11)13-3-2-4-15-14(13)9-10-18(15)16(17)19/h2-10H,1H3. The van der Waals surface area contributed by atoms with E-state index in [1.165, 1.54) is 10.1 Å². The molecule has 0 unspecified atom stereocenters. The summed E-state index contributed by atoms with van der Waals surface area (Å²) in [7, 11) is 5.36. The lowest BCUT2D eigenvalue weighted by Gasteiger charge is -2.06. The summed E-state index contributed by atoms with van der Waals surface area (Å²) in [6.07, 6.45) is 1.71. The van der Waals surface area contributed by atoms with Gasteiger partial charge in [0.05, 0.1) is 5.52 Å². The summed E-state index contributed by atoms with van der Waals surface area (Å²) in [4.78, 5) is 11.4. The molecule has 0 atom stereocenters. The second kappa shape index (κ2) is 4.43. The number of benzene rings is 2.